The van der Waals surface area contributed by atoms with Crippen molar-refractivity contribution in [2.75, 3.05) is 19.6 Å². The number of Topliss-reactive ketones (excluding diaryl/α,β-unsaturated/α-hetero) is 1. The van der Waals surface area contributed by atoms with Crippen LogP contribution in [0.25, 0.3) is 0 Å². The molecule has 1 heterocycles. The monoisotopic (exact) mass is 433 g/mol. The minimum absolute atomic E-state index is 0. The predicted octanol–water partition coefficient (Wildman–Crippen LogP) is 5.38. The molecule has 0 aliphatic carbocycles. The summed E-state index contributed by atoms with van der Waals surface area (Å²) in [6, 6.07) is 6.59. The smallest absolute Gasteiger partial charge is 0.194 e. The molecule has 1 unspecified atom stereocenters. The molecule has 0 N–H and O–H groups in total. The van der Waals surface area contributed by atoms with Gasteiger partial charge in [-0.05, 0) is 56.2 Å². The SMILES string of the molecule is CCCC[N+]1(C(CCC)C(=O)Cc2c(C)cccc2C)CCCCC1.[Y]. The molecule has 0 aromatic heterocycles. The molecule has 3 heteroatoms. The average molecular weight is 433 g/mol. The van der Waals surface area contributed by atoms with E-state index in [1.54, 1.807) is 0 Å². The van der Waals surface area contributed by atoms with Gasteiger partial charge < -0.3 is 4.48 Å². The Hall–Kier alpha value is -0.0461. The van der Waals surface area contributed by atoms with Gasteiger partial charge in [0.15, 0.2) is 5.78 Å². The van der Waals surface area contributed by atoms with Gasteiger partial charge in [-0.15, -0.1) is 0 Å². The van der Waals surface area contributed by atoms with Crippen molar-refractivity contribution in [2.45, 2.75) is 85.1 Å². The van der Waals surface area contributed by atoms with Crippen molar-refractivity contribution < 1.29 is 42.0 Å². The summed E-state index contributed by atoms with van der Waals surface area (Å²) in [4.78, 5) is 13.5. The molecule has 0 saturated carbocycles. The van der Waals surface area contributed by atoms with E-state index in [1.807, 2.05) is 0 Å². The number of carbonyl (C=O) groups is 1. The quantitative estimate of drug-likeness (QED) is 0.478. The summed E-state index contributed by atoms with van der Waals surface area (Å²) in [5.74, 6) is 0.484. The first kappa shape index (κ1) is 24.0. The molecule has 2 nitrogen and oxygen atoms in total. The van der Waals surface area contributed by atoms with Crippen LogP contribution >= 0.6 is 0 Å². The molecule has 1 aliphatic rings. The van der Waals surface area contributed by atoms with Gasteiger partial charge in [-0.1, -0.05) is 44.9 Å². The van der Waals surface area contributed by atoms with Crippen LogP contribution < -0.4 is 0 Å². The molecule has 1 radical (unpaired) electrons. The third-order valence-electron chi connectivity index (χ3n) is 6.25. The molecule has 1 aromatic rings. The summed E-state index contributed by atoms with van der Waals surface area (Å²) in [6.07, 6.45) is 9.18. The van der Waals surface area contributed by atoms with E-state index in [2.05, 4.69) is 45.9 Å². The Morgan fingerprint density at radius 2 is 1.65 bits per heavy atom. The van der Waals surface area contributed by atoms with Crippen molar-refractivity contribution >= 4 is 5.78 Å². The Labute approximate surface area is 186 Å². The van der Waals surface area contributed by atoms with Gasteiger partial charge in [-0.3, -0.25) is 4.79 Å². The number of nitrogens with zero attached hydrogens (tertiary/aromatic N) is 1. The topological polar surface area (TPSA) is 17.1 Å². The molecular formula is C23H38NOY+. The molecule has 1 saturated heterocycles. The summed E-state index contributed by atoms with van der Waals surface area (Å²) < 4.78 is 1.07. The zero-order valence-electron chi connectivity index (χ0n) is 17.5. The Morgan fingerprint density at radius 1 is 1.04 bits per heavy atom. The van der Waals surface area contributed by atoms with Crippen LogP contribution in [0.15, 0.2) is 18.2 Å². The summed E-state index contributed by atoms with van der Waals surface area (Å²) in [5, 5.41) is 0. The number of benzene rings is 1. The number of hydrogen-bond acceptors (Lipinski definition) is 1. The number of hydrogen-bond donors (Lipinski definition) is 0. The van der Waals surface area contributed by atoms with Gasteiger partial charge in [-0.25, -0.2) is 0 Å². The maximum Gasteiger partial charge on any atom is 0.194 e. The second-order valence-corrected chi connectivity index (χ2v) is 8.12. The summed E-state index contributed by atoms with van der Waals surface area (Å²) >= 11 is 0. The zero-order chi connectivity index (χ0) is 18.3. The van der Waals surface area contributed by atoms with Crippen molar-refractivity contribution in [1.29, 1.82) is 0 Å². The molecule has 2 rings (SSSR count). The van der Waals surface area contributed by atoms with Crippen LogP contribution in [0.3, 0.4) is 0 Å². The number of quaternary nitrogens is 1. The molecule has 0 bridgehead atoms. The predicted molar refractivity (Wildman–Crippen MR) is 107 cm³/mol. The van der Waals surface area contributed by atoms with E-state index < -0.39 is 0 Å². The fraction of sp³-hybridized carbons (Fsp3) is 0.696. The molecule has 143 valence electrons. The molecule has 1 fully saturated rings. The zero-order valence-corrected chi connectivity index (χ0v) is 20.4. The van der Waals surface area contributed by atoms with Gasteiger partial charge in [-0.2, -0.15) is 0 Å². The second kappa shape index (κ2) is 11.7. The summed E-state index contributed by atoms with van der Waals surface area (Å²) in [5.41, 5.74) is 3.80. The molecule has 26 heavy (non-hydrogen) atoms. The fourth-order valence-corrected chi connectivity index (χ4v) is 4.74. The minimum atomic E-state index is 0. The number of piperidine rings is 1. The number of aryl methyl sites for hydroxylation is 2. The maximum absolute atomic E-state index is 13.5. The van der Waals surface area contributed by atoms with E-state index in [0.717, 1.165) is 17.3 Å². The Balaban J connectivity index is 0.00000338. The van der Waals surface area contributed by atoms with Crippen LogP contribution in [-0.4, -0.2) is 35.9 Å². The van der Waals surface area contributed by atoms with Crippen LogP contribution in [0, 0.1) is 13.8 Å². The van der Waals surface area contributed by atoms with Crippen LogP contribution in [0.1, 0.15) is 75.5 Å². The average Bonchev–Trinajstić information content (AvgIpc) is 2.61. The number of carbonyl (C=O) groups excluding carboxylic acids is 1. The summed E-state index contributed by atoms with van der Waals surface area (Å²) in [7, 11) is 0. The number of likely N-dealkylation sites (tertiary alicyclic amines) is 1. The normalized spacial score (nSPS) is 17.4. The van der Waals surface area contributed by atoms with Gasteiger partial charge in [0.05, 0.1) is 19.6 Å². The first-order valence-electron chi connectivity index (χ1n) is 10.5. The van der Waals surface area contributed by atoms with Gasteiger partial charge >= 0.3 is 0 Å². The van der Waals surface area contributed by atoms with Crippen LogP contribution in [0.2, 0.25) is 0 Å². The Bertz CT molecular complexity index is 543. The first-order chi connectivity index (χ1) is 12.0. The Kier molecular flexibility index (Phi) is 10.8. The molecular weight excluding hydrogens is 395 g/mol. The number of rotatable bonds is 9. The summed E-state index contributed by atoms with van der Waals surface area (Å²) in [6.45, 7) is 12.4. The van der Waals surface area contributed by atoms with Crippen LogP contribution in [0.4, 0.5) is 0 Å². The second-order valence-electron chi connectivity index (χ2n) is 8.12. The van der Waals surface area contributed by atoms with E-state index in [4.69, 9.17) is 0 Å². The van der Waals surface area contributed by atoms with E-state index in [-0.39, 0.29) is 38.8 Å². The molecule has 1 aromatic carbocycles. The fourth-order valence-electron chi connectivity index (χ4n) is 4.74. The van der Waals surface area contributed by atoms with E-state index in [0.29, 0.717) is 12.2 Å². The van der Waals surface area contributed by atoms with Crippen LogP contribution in [-0.2, 0) is 43.9 Å². The number of ketones is 1. The standard InChI is InChI=1S/C23H38NO.Y/c1-5-7-15-24(16-9-8-10-17-24)22(12-6-2)23(25)18-21-19(3)13-11-14-20(21)4;/h11,13-14,22H,5-10,12,15-18H2,1-4H3;/q+1;. The molecule has 0 amide bonds. The van der Waals surface area contributed by atoms with Gasteiger partial charge in [0.1, 0.15) is 6.04 Å². The van der Waals surface area contributed by atoms with E-state index >= 15 is 0 Å². The minimum Gasteiger partial charge on any atom is -0.315 e. The van der Waals surface area contributed by atoms with Crippen molar-refractivity contribution in [3.05, 3.63) is 34.9 Å². The largest absolute Gasteiger partial charge is 0.315 e. The van der Waals surface area contributed by atoms with Crippen molar-refractivity contribution in [3.63, 3.8) is 0 Å². The molecule has 0 spiro atoms. The van der Waals surface area contributed by atoms with Gasteiger partial charge in [0.25, 0.3) is 0 Å². The van der Waals surface area contributed by atoms with Crippen molar-refractivity contribution in [1.82, 2.24) is 0 Å². The van der Waals surface area contributed by atoms with Crippen molar-refractivity contribution in [3.8, 4) is 0 Å². The first-order valence-corrected chi connectivity index (χ1v) is 10.5. The van der Waals surface area contributed by atoms with Gasteiger partial charge in [0, 0.05) is 45.6 Å². The maximum atomic E-state index is 13.5. The number of unbranched alkanes of at least 4 members (excludes halogenated alkanes) is 1. The van der Waals surface area contributed by atoms with Crippen LogP contribution in [0.5, 0.6) is 0 Å². The van der Waals surface area contributed by atoms with E-state index in [1.165, 1.54) is 68.4 Å². The third kappa shape index (κ3) is 5.98. The van der Waals surface area contributed by atoms with E-state index in [9.17, 15) is 4.79 Å². The molecule has 1 atom stereocenters. The van der Waals surface area contributed by atoms with Gasteiger partial charge in [0.2, 0.25) is 0 Å². The Morgan fingerprint density at radius 3 is 2.19 bits per heavy atom. The third-order valence-corrected chi connectivity index (χ3v) is 6.25. The van der Waals surface area contributed by atoms with Crippen molar-refractivity contribution in [2.24, 2.45) is 0 Å². The molecule has 1 aliphatic heterocycles.